The summed E-state index contributed by atoms with van der Waals surface area (Å²) in [5.41, 5.74) is -0.248. The summed E-state index contributed by atoms with van der Waals surface area (Å²) in [5.74, 6) is 4.64. The SMILES string of the molecule is COC(=O)CC(C)(C)CON. The Morgan fingerprint density at radius 1 is 1.55 bits per heavy atom. The Morgan fingerprint density at radius 2 is 2.09 bits per heavy atom. The van der Waals surface area contributed by atoms with Gasteiger partial charge in [-0.25, -0.2) is 5.90 Å². The Balaban J connectivity index is 3.80. The van der Waals surface area contributed by atoms with Crippen LogP contribution in [0.1, 0.15) is 20.3 Å². The molecule has 0 radical (unpaired) electrons. The van der Waals surface area contributed by atoms with Crippen LogP contribution in [0, 0.1) is 5.41 Å². The van der Waals surface area contributed by atoms with Gasteiger partial charge in [0.1, 0.15) is 0 Å². The van der Waals surface area contributed by atoms with Crippen LogP contribution in [0.3, 0.4) is 0 Å². The summed E-state index contributed by atoms with van der Waals surface area (Å²) in [6.45, 7) is 4.12. The van der Waals surface area contributed by atoms with E-state index in [-0.39, 0.29) is 11.4 Å². The maximum Gasteiger partial charge on any atom is 0.306 e. The zero-order chi connectivity index (χ0) is 8.91. The number of hydrogen-bond acceptors (Lipinski definition) is 4. The zero-order valence-electron chi connectivity index (χ0n) is 7.22. The first kappa shape index (κ1) is 10.4. The van der Waals surface area contributed by atoms with Crippen molar-refractivity contribution in [3.8, 4) is 0 Å². The van der Waals surface area contributed by atoms with Crippen molar-refractivity contribution >= 4 is 5.97 Å². The number of ether oxygens (including phenoxy) is 1. The van der Waals surface area contributed by atoms with Crippen molar-refractivity contribution < 1.29 is 14.4 Å². The molecule has 0 aliphatic heterocycles. The highest BCUT2D eigenvalue weighted by Gasteiger charge is 2.22. The molecule has 0 aromatic rings. The fourth-order valence-electron chi connectivity index (χ4n) is 0.740. The summed E-state index contributed by atoms with van der Waals surface area (Å²) in [4.78, 5) is 15.2. The molecule has 0 aliphatic carbocycles. The molecule has 0 saturated carbocycles. The number of esters is 1. The van der Waals surface area contributed by atoms with E-state index in [0.29, 0.717) is 13.0 Å². The summed E-state index contributed by atoms with van der Waals surface area (Å²) in [6.07, 6.45) is 0.320. The standard InChI is InChI=1S/C7H15NO3/c1-7(2,5-11-8)4-6(9)10-3/h4-5,8H2,1-3H3. The van der Waals surface area contributed by atoms with E-state index in [9.17, 15) is 4.79 Å². The van der Waals surface area contributed by atoms with E-state index < -0.39 is 0 Å². The first-order chi connectivity index (χ1) is 5.02. The van der Waals surface area contributed by atoms with Crippen LogP contribution in [0.4, 0.5) is 0 Å². The van der Waals surface area contributed by atoms with Crippen molar-refractivity contribution in [1.82, 2.24) is 0 Å². The van der Waals surface area contributed by atoms with E-state index in [1.165, 1.54) is 7.11 Å². The molecule has 0 fully saturated rings. The highest BCUT2D eigenvalue weighted by atomic mass is 16.6. The maximum absolute atomic E-state index is 10.8. The normalized spacial score (nSPS) is 11.3. The summed E-state index contributed by atoms with van der Waals surface area (Å²) in [6, 6.07) is 0. The third kappa shape index (κ3) is 4.75. The van der Waals surface area contributed by atoms with Gasteiger partial charge in [-0.3, -0.25) is 4.79 Å². The van der Waals surface area contributed by atoms with Crippen molar-refractivity contribution in [2.45, 2.75) is 20.3 Å². The van der Waals surface area contributed by atoms with Crippen LogP contribution in [0.25, 0.3) is 0 Å². The van der Waals surface area contributed by atoms with Gasteiger partial charge in [0, 0.05) is 5.41 Å². The molecule has 0 spiro atoms. The molecule has 0 unspecified atom stereocenters. The predicted molar refractivity (Wildman–Crippen MR) is 40.6 cm³/mol. The summed E-state index contributed by atoms with van der Waals surface area (Å²) in [5, 5.41) is 0. The molecule has 0 heterocycles. The minimum atomic E-state index is -0.248. The third-order valence-electron chi connectivity index (χ3n) is 1.32. The van der Waals surface area contributed by atoms with E-state index in [2.05, 4.69) is 9.57 Å². The van der Waals surface area contributed by atoms with Crippen molar-refractivity contribution in [3.63, 3.8) is 0 Å². The van der Waals surface area contributed by atoms with Crippen molar-refractivity contribution in [2.24, 2.45) is 11.3 Å². The van der Waals surface area contributed by atoms with Crippen LogP contribution in [-0.4, -0.2) is 19.7 Å². The fourth-order valence-corrected chi connectivity index (χ4v) is 0.740. The molecule has 0 atom stereocenters. The van der Waals surface area contributed by atoms with Gasteiger partial charge in [0.2, 0.25) is 0 Å². The lowest BCUT2D eigenvalue weighted by atomic mass is 9.91. The number of rotatable bonds is 4. The largest absolute Gasteiger partial charge is 0.469 e. The highest BCUT2D eigenvalue weighted by Crippen LogP contribution is 2.20. The minimum Gasteiger partial charge on any atom is -0.469 e. The van der Waals surface area contributed by atoms with Crippen LogP contribution in [0.5, 0.6) is 0 Å². The van der Waals surface area contributed by atoms with Crippen molar-refractivity contribution in [3.05, 3.63) is 0 Å². The number of carbonyl (C=O) groups is 1. The molecule has 4 heteroatoms. The van der Waals surface area contributed by atoms with Crippen molar-refractivity contribution in [2.75, 3.05) is 13.7 Å². The quantitative estimate of drug-likeness (QED) is 0.481. The predicted octanol–water partition coefficient (Wildman–Crippen LogP) is 0.466. The van der Waals surface area contributed by atoms with E-state index in [0.717, 1.165) is 0 Å². The summed E-state index contributed by atoms with van der Waals surface area (Å²) >= 11 is 0. The highest BCUT2D eigenvalue weighted by molar-refractivity contribution is 5.69. The Labute approximate surface area is 66.6 Å². The topological polar surface area (TPSA) is 61.5 Å². The second kappa shape index (κ2) is 4.31. The first-order valence-electron chi connectivity index (χ1n) is 3.40. The van der Waals surface area contributed by atoms with Crippen molar-refractivity contribution in [1.29, 1.82) is 0 Å². The Bertz CT molecular complexity index is 134. The second-order valence-corrected chi connectivity index (χ2v) is 3.23. The molecule has 4 nitrogen and oxygen atoms in total. The van der Waals surface area contributed by atoms with Gasteiger partial charge < -0.3 is 9.57 Å². The molecular formula is C7H15NO3. The van der Waals surface area contributed by atoms with Crippen LogP contribution in [0.2, 0.25) is 0 Å². The Kier molecular flexibility index (Phi) is 4.07. The molecule has 66 valence electrons. The molecule has 2 N–H and O–H groups in total. The smallest absolute Gasteiger partial charge is 0.306 e. The Morgan fingerprint density at radius 3 is 2.45 bits per heavy atom. The first-order valence-corrected chi connectivity index (χ1v) is 3.40. The van der Waals surface area contributed by atoms with Gasteiger partial charge >= 0.3 is 5.97 Å². The van der Waals surface area contributed by atoms with Crippen LogP contribution < -0.4 is 5.90 Å². The van der Waals surface area contributed by atoms with E-state index in [4.69, 9.17) is 5.90 Å². The van der Waals surface area contributed by atoms with Crippen LogP contribution in [-0.2, 0) is 14.4 Å². The van der Waals surface area contributed by atoms with Gasteiger partial charge in [0.05, 0.1) is 20.1 Å². The van der Waals surface area contributed by atoms with Gasteiger partial charge in [-0.05, 0) is 0 Å². The Hall–Kier alpha value is -0.610. The lowest BCUT2D eigenvalue weighted by Crippen LogP contribution is -2.25. The van der Waals surface area contributed by atoms with Gasteiger partial charge in [-0.2, -0.15) is 0 Å². The fraction of sp³-hybridized carbons (Fsp3) is 0.857. The summed E-state index contributed by atoms with van der Waals surface area (Å²) in [7, 11) is 1.36. The molecule has 0 aromatic carbocycles. The average Bonchev–Trinajstić information content (AvgIpc) is 1.86. The molecule has 0 saturated heterocycles. The summed E-state index contributed by atoms with van der Waals surface area (Å²) < 4.78 is 4.50. The lowest BCUT2D eigenvalue weighted by Gasteiger charge is -2.20. The number of methoxy groups -OCH3 is 1. The van der Waals surface area contributed by atoms with Crippen LogP contribution >= 0.6 is 0 Å². The molecule has 0 amide bonds. The lowest BCUT2D eigenvalue weighted by molar-refractivity contribution is -0.143. The second-order valence-electron chi connectivity index (χ2n) is 3.23. The number of carbonyl (C=O) groups excluding carboxylic acids is 1. The van der Waals surface area contributed by atoms with E-state index >= 15 is 0 Å². The molecule has 11 heavy (non-hydrogen) atoms. The van der Waals surface area contributed by atoms with Gasteiger partial charge in [0.15, 0.2) is 0 Å². The van der Waals surface area contributed by atoms with Gasteiger partial charge in [-0.15, -0.1) is 0 Å². The number of hydrogen-bond donors (Lipinski definition) is 1. The molecule has 0 aliphatic rings. The monoisotopic (exact) mass is 161 g/mol. The maximum atomic E-state index is 10.8. The average molecular weight is 161 g/mol. The van der Waals surface area contributed by atoms with Gasteiger partial charge in [0.25, 0.3) is 0 Å². The molecule has 0 aromatic heterocycles. The molecule has 0 rings (SSSR count). The van der Waals surface area contributed by atoms with Gasteiger partial charge in [-0.1, -0.05) is 13.8 Å². The number of nitrogens with two attached hydrogens (primary N) is 1. The molecular weight excluding hydrogens is 146 g/mol. The molecule has 0 bridgehead atoms. The minimum absolute atomic E-state index is 0.243. The van der Waals surface area contributed by atoms with E-state index in [1.807, 2.05) is 13.8 Å². The van der Waals surface area contributed by atoms with E-state index in [1.54, 1.807) is 0 Å². The van der Waals surface area contributed by atoms with Crippen LogP contribution in [0.15, 0.2) is 0 Å². The third-order valence-corrected chi connectivity index (χ3v) is 1.32. The zero-order valence-corrected chi connectivity index (χ0v) is 7.22.